The molecular weight excluding hydrogens is 1150 g/mol. The van der Waals surface area contributed by atoms with Gasteiger partial charge in [0.1, 0.15) is 12.7 Å². The molecule has 0 amide bonds. The molecule has 0 aromatic heterocycles. The van der Waals surface area contributed by atoms with Crippen molar-refractivity contribution >= 4 is 60.2 Å². The average Bonchev–Trinajstić information content (AvgIpc) is 1.90. The second-order valence-corrected chi connectivity index (χ2v) is 17.9. The third-order valence-corrected chi connectivity index (χ3v) is 12.5. The molecule has 26 nitrogen and oxygen atoms in total. The van der Waals surface area contributed by atoms with Gasteiger partial charge in [-0.05, 0) is 119 Å². The van der Waals surface area contributed by atoms with Gasteiger partial charge < -0.3 is 101 Å². The number of methoxy groups -OCH3 is 10. The summed E-state index contributed by atoms with van der Waals surface area (Å²) >= 11 is 0. The van der Waals surface area contributed by atoms with Crippen LogP contribution in [0.2, 0.25) is 0 Å². The van der Waals surface area contributed by atoms with Crippen molar-refractivity contribution in [3.05, 3.63) is 119 Å². The van der Waals surface area contributed by atoms with Gasteiger partial charge in [0.15, 0.2) is 69.7 Å². The maximum absolute atomic E-state index is 14.3. The number of hydrogen-bond acceptors (Lipinski definition) is 26. The lowest BCUT2D eigenvalue weighted by molar-refractivity contribution is -0.298. The Bertz CT molecular complexity index is 3340. The Hall–Kier alpha value is -10.9. The van der Waals surface area contributed by atoms with E-state index in [4.69, 9.17) is 75.8 Å². The van der Waals surface area contributed by atoms with Crippen LogP contribution in [0.5, 0.6) is 86.2 Å². The molecule has 462 valence electrons. The fraction of sp³-hybridized carbons (Fsp3) is 0.262. The smallest absolute Gasteiger partial charge is 0.333 e. The molecule has 0 aliphatic carbocycles. The lowest BCUT2D eigenvalue weighted by Gasteiger charge is -2.43. The van der Waals surface area contributed by atoms with E-state index in [1.54, 1.807) is 0 Å². The molecule has 0 bridgehead atoms. The normalized spacial score (nSPS) is 16.5. The molecule has 1 aliphatic heterocycles. The minimum atomic E-state index is -2.15. The molecule has 0 radical (unpaired) electrons. The summed E-state index contributed by atoms with van der Waals surface area (Å²) in [6.07, 6.45) is 0.650. The Labute approximate surface area is 497 Å². The van der Waals surface area contributed by atoms with Crippen LogP contribution in [-0.2, 0) is 52.4 Å². The SMILES string of the molecule is COc1cc(C=CC(=O)OC[C@H]2OC(OC(=O)C=Cc3cc(OC)c(O)c(OC)c3)[C@H](OC(=O)C=Cc3cc(OC)c(O)c(OC)c3)[C@@H](OC(=O)C=Cc3cc(OC)c(O)c(OC)c3)[C@@H]2OC(=O)C=Cc2cc(OC)c(O)c(OC)c2)cc(OC)c1O. The van der Waals surface area contributed by atoms with Crippen molar-refractivity contribution in [2.45, 2.75) is 30.7 Å². The molecule has 1 heterocycles. The zero-order valence-electron chi connectivity index (χ0n) is 48.5. The zero-order chi connectivity index (χ0) is 63.5. The van der Waals surface area contributed by atoms with Crippen LogP contribution >= 0.6 is 0 Å². The second kappa shape index (κ2) is 30.6. The minimum absolute atomic E-state index is 0.00262. The fourth-order valence-corrected chi connectivity index (χ4v) is 8.27. The molecule has 26 heteroatoms. The lowest BCUT2D eigenvalue weighted by atomic mass is 9.98. The highest BCUT2D eigenvalue weighted by molar-refractivity contribution is 5.91. The molecule has 6 rings (SSSR count). The molecule has 87 heavy (non-hydrogen) atoms. The number of phenols is 5. The Morgan fingerprint density at radius 2 is 0.552 bits per heavy atom. The quantitative estimate of drug-likeness (QED) is 0.0218. The molecular formula is C61H62O26. The lowest BCUT2D eigenvalue weighted by Crippen LogP contribution is -2.63. The Morgan fingerprint density at radius 1 is 0.333 bits per heavy atom. The number of hydrogen-bond donors (Lipinski definition) is 5. The van der Waals surface area contributed by atoms with Gasteiger partial charge in [-0.15, -0.1) is 0 Å². The van der Waals surface area contributed by atoms with Crippen molar-refractivity contribution in [1.29, 1.82) is 0 Å². The number of esters is 5. The first-order chi connectivity index (χ1) is 41.7. The van der Waals surface area contributed by atoms with Crippen LogP contribution in [0.1, 0.15) is 27.8 Å². The zero-order valence-corrected chi connectivity index (χ0v) is 48.5. The van der Waals surface area contributed by atoms with Crippen LogP contribution in [0.15, 0.2) is 91.0 Å². The molecule has 1 aliphatic rings. The Kier molecular flexibility index (Phi) is 23.0. The highest BCUT2D eigenvalue weighted by Gasteiger charge is 2.54. The highest BCUT2D eigenvalue weighted by Crippen LogP contribution is 2.42. The molecule has 0 saturated carbocycles. The van der Waals surface area contributed by atoms with Gasteiger partial charge >= 0.3 is 29.8 Å². The van der Waals surface area contributed by atoms with Crippen LogP contribution in [0.4, 0.5) is 0 Å². The summed E-state index contributed by atoms with van der Waals surface area (Å²) in [5.41, 5.74) is 1.23. The fourth-order valence-electron chi connectivity index (χ4n) is 8.27. The molecule has 5 aromatic rings. The van der Waals surface area contributed by atoms with Gasteiger partial charge in [0, 0.05) is 30.4 Å². The molecule has 5 atom stereocenters. The van der Waals surface area contributed by atoms with Gasteiger partial charge in [0.05, 0.1) is 71.1 Å². The van der Waals surface area contributed by atoms with E-state index in [0.717, 1.165) is 30.4 Å². The maximum atomic E-state index is 14.3. The summed E-state index contributed by atoms with van der Waals surface area (Å²) in [6.45, 7) is -0.890. The first-order valence-electron chi connectivity index (χ1n) is 25.6. The van der Waals surface area contributed by atoms with Crippen molar-refractivity contribution in [3.63, 3.8) is 0 Å². The summed E-state index contributed by atoms with van der Waals surface area (Å²) in [4.78, 5) is 70.4. The predicted octanol–water partition coefficient (Wildman–Crippen LogP) is 6.71. The second-order valence-electron chi connectivity index (χ2n) is 17.9. The van der Waals surface area contributed by atoms with Crippen molar-refractivity contribution in [1.82, 2.24) is 0 Å². The van der Waals surface area contributed by atoms with E-state index in [2.05, 4.69) is 0 Å². The number of rotatable bonds is 26. The van der Waals surface area contributed by atoms with E-state index in [0.29, 0.717) is 5.56 Å². The number of carbonyl (C=O) groups excluding carboxylic acids is 5. The van der Waals surface area contributed by atoms with E-state index in [9.17, 15) is 49.5 Å². The van der Waals surface area contributed by atoms with E-state index < -0.39 is 67.2 Å². The standard InChI is InChI=1S/C61H62O26/c1-72-37-21-32(22-38(73-2)53(37)67)11-16-48(62)82-31-47-58(84-49(63)17-12-33-23-39(74-3)54(68)40(24-33)75-4)59(85-50(64)18-13-34-25-41(76-5)55(69)42(26-34)77-6)60(86-51(65)19-14-35-27-43(78-7)56(70)44(28-35)79-8)61(83-47)87-52(66)20-15-36-29-45(80-9)57(71)46(30-36)81-10/h11-30,47,58-61,67-71H,31H2,1-10H3/t47-,58-,59+,60-,61?/m1/s1. The summed E-state index contributed by atoms with van der Waals surface area (Å²) in [5, 5.41) is 52.7. The van der Waals surface area contributed by atoms with Gasteiger partial charge in [0.25, 0.3) is 0 Å². The van der Waals surface area contributed by atoms with Crippen molar-refractivity contribution < 1.29 is 125 Å². The van der Waals surface area contributed by atoms with Gasteiger partial charge in [-0.2, -0.15) is 0 Å². The average molecular weight is 1210 g/mol. The van der Waals surface area contributed by atoms with Crippen LogP contribution in [0.25, 0.3) is 30.4 Å². The summed E-state index contributed by atoms with van der Waals surface area (Å²) < 4.78 is 88.2. The van der Waals surface area contributed by atoms with E-state index in [1.807, 2.05) is 0 Å². The number of benzene rings is 5. The van der Waals surface area contributed by atoms with Gasteiger partial charge in [-0.3, -0.25) is 0 Å². The maximum Gasteiger partial charge on any atom is 0.333 e. The van der Waals surface area contributed by atoms with E-state index >= 15 is 0 Å². The first-order valence-corrected chi connectivity index (χ1v) is 25.6. The van der Waals surface area contributed by atoms with Crippen LogP contribution in [-0.4, -0.2) is 164 Å². The van der Waals surface area contributed by atoms with Crippen molar-refractivity contribution in [2.75, 3.05) is 77.7 Å². The van der Waals surface area contributed by atoms with Gasteiger partial charge in [-0.25, -0.2) is 24.0 Å². The topological polar surface area (TPSA) is 334 Å². The van der Waals surface area contributed by atoms with Crippen molar-refractivity contribution in [2.24, 2.45) is 0 Å². The summed E-state index contributed by atoms with van der Waals surface area (Å²) in [6, 6.07) is 13.6. The van der Waals surface area contributed by atoms with E-state index in [1.165, 1.54) is 162 Å². The Morgan fingerprint density at radius 3 is 0.805 bits per heavy atom. The number of ether oxygens (including phenoxy) is 16. The van der Waals surface area contributed by atoms with Gasteiger partial charge in [0.2, 0.25) is 41.1 Å². The summed E-state index contributed by atoms with van der Waals surface area (Å²) in [5.74, 6) is -7.92. The number of phenolic OH excluding ortho intramolecular Hbond substituents is 5. The molecule has 1 fully saturated rings. The predicted molar refractivity (Wildman–Crippen MR) is 307 cm³/mol. The monoisotopic (exact) mass is 1210 g/mol. The Balaban J connectivity index is 1.50. The molecule has 5 N–H and O–H groups in total. The molecule has 1 saturated heterocycles. The highest BCUT2D eigenvalue weighted by atomic mass is 16.7. The van der Waals surface area contributed by atoms with Crippen LogP contribution < -0.4 is 47.4 Å². The molecule has 5 aromatic carbocycles. The number of aromatic hydroxyl groups is 5. The molecule has 1 unspecified atom stereocenters. The van der Waals surface area contributed by atoms with E-state index in [-0.39, 0.29) is 108 Å². The summed E-state index contributed by atoms with van der Waals surface area (Å²) in [7, 11) is 12.8. The van der Waals surface area contributed by atoms with Crippen LogP contribution in [0, 0.1) is 0 Å². The first kappa shape index (κ1) is 65.3. The van der Waals surface area contributed by atoms with Gasteiger partial charge in [-0.1, -0.05) is 0 Å². The third-order valence-electron chi connectivity index (χ3n) is 12.5. The van der Waals surface area contributed by atoms with Crippen molar-refractivity contribution in [3.8, 4) is 86.2 Å². The minimum Gasteiger partial charge on any atom is -0.502 e. The third kappa shape index (κ3) is 16.7. The molecule has 0 spiro atoms. The van der Waals surface area contributed by atoms with Crippen LogP contribution in [0.3, 0.4) is 0 Å². The number of carbonyl (C=O) groups is 5. The largest absolute Gasteiger partial charge is 0.502 e.